The summed E-state index contributed by atoms with van der Waals surface area (Å²) in [6.07, 6.45) is 0.411. The van der Waals surface area contributed by atoms with Crippen molar-refractivity contribution in [3.8, 4) is 6.07 Å². The van der Waals surface area contributed by atoms with Crippen LogP contribution in [0.5, 0.6) is 0 Å². The number of nitriles is 1. The van der Waals surface area contributed by atoms with E-state index < -0.39 is 6.09 Å². The Hall–Kier alpha value is -2.39. The van der Waals surface area contributed by atoms with Crippen LogP contribution >= 0.6 is 11.3 Å². The molecule has 5 nitrogen and oxygen atoms in total. The number of hydrogen-bond donors (Lipinski definition) is 0. The fraction of sp³-hybridized carbons (Fsp3) is 0.421. The molecule has 1 aromatic carbocycles. The number of ether oxygens (including phenoxy) is 1. The van der Waals surface area contributed by atoms with Crippen LogP contribution < -0.4 is 4.90 Å². The van der Waals surface area contributed by atoms with Crippen LogP contribution in [0.25, 0.3) is 0 Å². The summed E-state index contributed by atoms with van der Waals surface area (Å²) in [5.74, 6) is 0. The molecule has 0 spiro atoms. The van der Waals surface area contributed by atoms with Gasteiger partial charge >= 0.3 is 6.09 Å². The lowest BCUT2D eigenvalue weighted by Crippen LogP contribution is -2.30. The SMILES string of the molecule is COC(=O)N(Cc1cccc(C#N)c1)c1sc(CC(C)(C)C)nc1C. The van der Waals surface area contributed by atoms with Gasteiger partial charge in [-0.05, 0) is 30.0 Å². The quantitative estimate of drug-likeness (QED) is 0.796. The van der Waals surface area contributed by atoms with Crippen LogP contribution in [-0.2, 0) is 17.7 Å². The summed E-state index contributed by atoms with van der Waals surface area (Å²) in [6.45, 7) is 8.72. The third kappa shape index (κ3) is 5.04. The second-order valence-corrected chi connectivity index (χ2v) is 8.17. The highest BCUT2D eigenvalue weighted by molar-refractivity contribution is 7.16. The number of rotatable bonds is 4. The number of amides is 1. The number of carbonyl (C=O) groups excluding carboxylic acids is 1. The van der Waals surface area contributed by atoms with E-state index in [9.17, 15) is 4.79 Å². The first kappa shape index (κ1) is 18.9. The molecular weight excluding hydrogens is 334 g/mol. The number of nitrogens with zero attached hydrogens (tertiary/aromatic N) is 3. The van der Waals surface area contributed by atoms with E-state index in [2.05, 4.69) is 31.8 Å². The van der Waals surface area contributed by atoms with Crippen LogP contribution in [0.15, 0.2) is 24.3 Å². The second-order valence-electron chi connectivity index (χ2n) is 7.10. The molecule has 25 heavy (non-hydrogen) atoms. The second kappa shape index (κ2) is 7.66. The van der Waals surface area contributed by atoms with Crippen molar-refractivity contribution in [2.45, 2.75) is 40.7 Å². The lowest BCUT2D eigenvalue weighted by molar-refractivity contribution is 0.178. The van der Waals surface area contributed by atoms with Crippen molar-refractivity contribution in [1.29, 1.82) is 5.26 Å². The summed E-state index contributed by atoms with van der Waals surface area (Å²) in [6, 6.07) is 9.35. The Morgan fingerprint density at radius 2 is 2.12 bits per heavy atom. The van der Waals surface area contributed by atoms with Crippen LogP contribution in [0.1, 0.15) is 42.6 Å². The number of benzene rings is 1. The fourth-order valence-corrected chi connectivity index (χ4v) is 3.83. The standard InChI is InChI=1S/C19H23N3O2S/c1-13-17(25-16(21-13)10-19(2,3)4)22(18(23)24-5)12-15-8-6-7-14(9-15)11-20/h6-9H,10,12H2,1-5H3. The Kier molecular flexibility index (Phi) is 5.81. The summed E-state index contributed by atoms with van der Waals surface area (Å²) in [5.41, 5.74) is 2.37. The van der Waals surface area contributed by atoms with Gasteiger partial charge in [0.05, 0.1) is 36.0 Å². The zero-order valence-electron chi connectivity index (χ0n) is 15.3. The number of anilines is 1. The molecule has 0 saturated heterocycles. The fourth-order valence-electron chi connectivity index (χ4n) is 2.47. The minimum Gasteiger partial charge on any atom is -0.452 e. The maximum Gasteiger partial charge on any atom is 0.415 e. The first-order valence-corrected chi connectivity index (χ1v) is 8.86. The lowest BCUT2D eigenvalue weighted by Gasteiger charge is -2.20. The molecule has 132 valence electrons. The highest BCUT2D eigenvalue weighted by Crippen LogP contribution is 2.33. The Labute approximate surface area is 152 Å². The molecule has 0 N–H and O–H groups in total. The van der Waals surface area contributed by atoms with Crippen molar-refractivity contribution < 1.29 is 9.53 Å². The van der Waals surface area contributed by atoms with Gasteiger partial charge < -0.3 is 4.74 Å². The molecule has 0 fully saturated rings. The van der Waals surface area contributed by atoms with Crippen molar-refractivity contribution in [3.63, 3.8) is 0 Å². The molecule has 0 radical (unpaired) electrons. The van der Waals surface area contributed by atoms with Gasteiger partial charge in [0.15, 0.2) is 0 Å². The van der Waals surface area contributed by atoms with Gasteiger partial charge in [-0.3, -0.25) is 4.90 Å². The third-order valence-corrected chi connectivity index (χ3v) is 4.72. The molecular formula is C19H23N3O2S. The molecule has 0 bridgehead atoms. The van der Waals surface area contributed by atoms with Crippen LogP contribution in [0.4, 0.5) is 9.80 Å². The minimum absolute atomic E-state index is 0.124. The molecule has 0 aliphatic rings. The summed E-state index contributed by atoms with van der Waals surface area (Å²) >= 11 is 1.52. The van der Waals surface area contributed by atoms with Crippen molar-refractivity contribution in [3.05, 3.63) is 46.1 Å². The molecule has 0 aliphatic heterocycles. The van der Waals surface area contributed by atoms with E-state index in [0.717, 1.165) is 27.7 Å². The monoisotopic (exact) mass is 357 g/mol. The molecule has 0 atom stereocenters. The summed E-state index contributed by atoms with van der Waals surface area (Å²) in [5, 5.41) is 10.8. The Balaban J connectivity index is 2.35. The van der Waals surface area contributed by atoms with Gasteiger partial charge in [-0.25, -0.2) is 9.78 Å². The van der Waals surface area contributed by atoms with Crippen LogP contribution in [0.2, 0.25) is 0 Å². The highest BCUT2D eigenvalue weighted by Gasteiger charge is 2.24. The largest absolute Gasteiger partial charge is 0.452 e. The van der Waals surface area contributed by atoms with Crippen molar-refractivity contribution in [1.82, 2.24) is 4.98 Å². The van der Waals surface area contributed by atoms with Gasteiger partial charge in [0.1, 0.15) is 5.00 Å². The maximum atomic E-state index is 12.3. The van der Waals surface area contributed by atoms with E-state index in [1.54, 1.807) is 17.0 Å². The molecule has 0 aliphatic carbocycles. The van der Waals surface area contributed by atoms with E-state index in [1.165, 1.54) is 18.4 Å². The normalized spacial score (nSPS) is 11.0. The number of hydrogen-bond acceptors (Lipinski definition) is 5. The molecule has 0 saturated carbocycles. The molecule has 6 heteroatoms. The zero-order valence-corrected chi connectivity index (χ0v) is 16.1. The molecule has 2 aromatic rings. The van der Waals surface area contributed by atoms with Gasteiger partial charge in [0.2, 0.25) is 0 Å². The third-order valence-electron chi connectivity index (χ3n) is 3.53. The molecule has 1 aromatic heterocycles. The predicted octanol–water partition coefficient (Wildman–Crippen LogP) is 4.68. The first-order chi connectivity index (χ1) is 11.7. The van der Waals surface area contributed by atoms with Crippen molar-refractivity contribution in [2.24, 2.45) is 5.41 Å². The van der Waals surface area contributed by atoms with Gasteiger partial charge in [-0.1, -0.05) is 32.9 Å². The molecule has 2 rings (SSSR count). The summed E-state index contributed by atoms with van der Waals surface area (Å²) < 4.78 is 4.96. The number of aromatic nitrogens is 1. The van der Waals surface area contributed by atoms with Crippen LogP contribution in [0.3, 0.4) is 0 Å². The van der Waals surface area contributed by atoms with E-state index in [0.29, 0.717) is 12.1 Å². The van der Waals surface area contributed by atoms with E-state index in [-0.39, 0.29) is 5.41 Å². The topological polar surface area (TPSA) is 66.2 Å². The number of methoxy groups -OCH3 is 1. The average Bonchev–Trinajstić information content (AvgIpc) is 2.90. The van der Waals surface area contributed by atoms with E-state index in [1.807, 2.05) is 19.1 Å². The van der Waals surface area contributed by atoms with Crippen molar-refractivity contribution in [2.75, 3.05) is 12.0 Å². The van der Waals surface area contributed by atoms with Crippen LogP contribution in [0, 0.1) is 23.7 Å². The Morgan fingerprint density at radius 3 is 2.72 bits per heavy atom. The molecule has 1 amide bonds. The minimum atomic E-state index is -0.434. The molecule has 1 heterocycles. The van der Waals surface area contributed by atoms with Crippen LogP contribution in [-0.4, -0.2) is 18.2 Å². The predicted molar refractivity (Wildman–Crippen MR) is 99.8 cm³/mol. The summed E-state index contributed by atoms with van der Waals surface area (Å²) in [7, 11) is 1.37. The van der Waals surface area contributed by atoms with Gasteiger partial charge in [0.25, 0.3) is 0 Å². The number of aryl methyl sites for hydroxylation is 1. The van der Waals surface area contributed by atoms with E-state index >= 15 is 0 Å². The number of carbonyl (C=O) groups is 1. The average molecular weight is 357 g/mol. The maximum absolute atomic E-state index is 12.3. The lowest BCUT2D eigenvalue weighted by atomic mass is 9.93. The first-order valence-electron chi connectivity index (χ1n) is 8.04. The van der Waals surface area contributed by atoms with Crippen molar-refractivity contribution >= 4 is 22.4 Å². The van der Waals surface area contributed by atoms with Gasteiger partial charge in [0, 0.05) is 6.42 Å². The highest BCUT2D eigenvalue weighted by atomic mass is 32.1. The van der Waals surface area contributed by atoms with Gasteiger partial charge in [-0.2, -0.15) is 5.26 Å². The smallest absolute Gasteiger partial charge is 0.415 e. The van der Waals surface area contributed by atoms with Gasteiger partial charge in [-0.15, -0.1) is 11.3 Å². The molecule has 0 unspecified atom stereocenters. The zero-order chi connectivity index (χ0) is 18.6. The number of thiazole rings is 1. The summed E-state index contributed by atoms with van der Waals surface area (Å²) in [4.78, 5) is 18.5. The Morgan fingerprint density at radius 1 is 1.40 bits per heavy atom. The van der Waals surface area contributed by atoms with E-state index in [4.69, 9.17) is 10.00 Å². The Bertz CT molecular complexity index is 800.